The van der Waals surface area contributed by atoms with Gasteiger partial charge < -0.3 is 26.0 Å². The number of halogens is 2. The van der Waals surface area contributed by atoms with Gasteiger partial charge in [0.05, 0.1) is 16.4 Å². The highest BCUT2D eigenvalue weighted by Crippen LogP contribution is 2.44. The Morgan fingerprint density at radius 3 is 2.76 bits per heavy atom. The average molecular weight is 371 g/mol. The average Bonchev–Trinajstić information content (AvgIpc) is 2.90. The summed E-state index contributed by atoms with van der Waals surface area (Å²) in [5.74, 6) is -0.397. The predicted molar refractivity (Wildman–Crippen MR) is 96.3 cm³/mol. The van der Waals surface area contributed by atoms with Gasteiger partial charge in [0.15, 0.2) is 0 Å². The lowest BCUT2D eigenvalue weighted by atomic mass is 9.90. The molecule has 4 N–H and O–H groups in total. The van der Waals surface area contributed by atoms with Gasteiger partial charge in [0.25, 0.3) is 0 Å². The number of carbonyl (C=O) groups is 1. The molecule has 8 heteroatoms. The number of aliphatic hydroxyl groups is 1. The first kappa shape index (κ1) is 18.2. The van der Waals surface area contributed by atoms with E-state index in [0.717, 1.165) is 25.7 Å². The first-order valence-corrected chi connectivity index (χ1v) is 8.97. The van der Waals surface area contributed by atoms with Gasteiger partial charge >= 0.3 is 0 Å². The number of hydrogen-bond acceptors (Lipinski definition) is 5. The Hall–Kier alpha value is -1.57. The summed E-state index contributed by atoms with van der Waals surface area (Å²) >= 11 is 6.62. The topological polar surface area (TPSA) is 81.8 Å². The molecule has 1 aromatic rings. The Bertz CT molecular complexity index is 656. The Balaban J connectivity index is 2.05. The lowest BCUT2D eigenvalue weighted by molar-refractivity contribution is -0.112. The molecule has 1 aliphatic carbocycles. The molecule has 0 spiro atoms. The van der Waals surface area contributed by atoms with E-state index in [1.165, 1.54) is 6.07 Å². The minimum atomic E-state index is -1.21. The highest BCUT2D eigenvalue weighted by Gasteiger charge is 2.35. The van der Waals surface area contributed by atoms with Crippen molar-refractivity contribution in [1.82, 2.24) is 5.32 Å². The van der Waals surface area contributed by atoms with E-state index in [-0.39, 0.29) is 17.1 Å². The van der Waals surface area contributed by atoms with Crippen molar-refractivity contribution in [3.8, 4) is 0 Å². The predicted octanol–water partition coefficient (Wildman–Crippen LogP) is 1.71. The molecule has 1 aliphatic heterocycles. The zero-order valence-corrected chi connectivity index (χ0v) is 15.0. The van der Waals surface area contributed by atoms with Crippen molar-refractivity contribution in [3.63, 3.8) is 0 Å². The van der Waals surface area contributed by atoms with E-state index in [4.69, 9.17) is 17.3 Å². The summed E-state index contributed by atoms with van der Waals surface area (Å²) in [6.07, 6.45) is 2.83. The number of nitrogens with two attached hydrogens (primary N) is 1. The minimum absolute atomic E-state index is 0.00900. The largest absolute Gasteiger partial charge is 0.366 e. The Kier molecular flexibility index (Phi) is 5.36. The number of nitrogens with zero attached hydrogens (tertiary/aromatic N) is 2. The van der Waals surface area contributed by atoms with Crippen molar-refractivity contribution in [1.29, 1.82) is 0 Å². The molecule has 1 saturated carbocycles. The smallest absolute Gasteiger partial charge is 0.210 e. The first-order chi connectivity index (χ1) is 11.9. The molecule has 2 atom stereocenters. The number of aryl methyl sites for hydroxylation is 1. The summed E-state index contributed by atoms with van der Waals surface area (Å²) in [4.78, 5) is 14.3. The summed E-state index contributed by atoms with van der Waals surface area (Å²) in [6, 6.07) is 1.47. The maximum atomic E-state index is 14.7. The van der Waals surface area contributed by atoms with Crippen LogP contribution < -0.4 is 20.9 Å². The van der Waals surface area contributed by atoms with Crippen molar-refractivity contribution in [3.05, 3.63) is 22.5 Å². The highest BCUT2D eigenvalue weighted by atomic mass is 35.5. The van der Waals surface area contributed by atoms with E-state index in [0.29, 0.717) is 36.4 Å². The lowest BCUT2D eigenvalue weighted by Crippen LogP contribution is -2.53. The van der Waals surface area contributed by atoms with Gasteiger partial charge in [-0.1, -0.05) is 11.6 Å². The molecule has 2 fully saturated rings. The number of benzene rings is 1. The van der Waals surface area contributed by atoms with Crippen LogP contribution in [0.1, 0.15) is 31.2 Å². The van der Waals surface area contributed by atoms with Crippen LogP contribution in [0, 0.1) is 12.7 Å². The van der Waals surface area contributed by atoms with Crippen LogP contribution in [-0.2, 0) is 4.79 Å². The van der Waals surface area contributed by atoms with Crippen LogP contribution in [0.2, 0.25) is 5.02 Å². The number of rotatable bonds is 6. The van der Waals surface area contributed by atoms with Gasteiger partial charge in [-0.3, -0.25) is 4.79 Å². The van der Waals surface area contributed by atoms with Crippen molar-refractivity contribution < 1.29 is 14.3 Å². The van der Waals surface area contributed by atoms with Gasteiger partial charge in [0.2, 0.25) is 12.8 Å². The van der Waals surface area contributed by atoms with E-state index < -0.39 is 12.2 Å². The van der Waals surface area contributed by atoms with E-state index in [1.807, 2.05) is 4.90 Å². The molecule has 3 rings (SSSR count). The molecule has 1 amide bonds. The molecular weight excluding hydrogens is 347 g/mol. The number of carbonyl (C=O) groups excluding carboxylic acids is 1. The van der Waals surface area contributed by atoms with Crippen molar-refractivity contribution in [2.75, 3.05) is 22.9 Å². The minimum Gasteiger partial charge on any atom is -0.366 e. The molecule has 1 heterocycles. The van der Waals surface area contributed by atoms with Gasteiger partial charge in [-0.15, -0.1) is 0 Å². The molecule has 1 aromatic carbocycles. The summed E-state index contributed by atoms with van der Waals surface area (Å²) in [5.41, 5.74) is 7.45. The summed E-state index contributed by atoms with van der Waals surface area (Å²) in [6.45, 7) is 2.93. The van der Waals surface area contributed by atoms with E-state index >= 15 is 0 Å². The van der Waals surface area contributed by atoms with Crippen LogP contribution in [0.3, 0.4) is 0 Å². The van der Waals surface area contributed by atoms with Crippen molar-refractivity contribution in [2.45, 2.75) is 51.0 Å². The van der Waals surface area contributed by atoms with E-state index in [2.05, 4.69) is 5.32 Å². The Labute approximate surface area is 151 Å². The maximum absolute atomic E-state index is 14.7. The molecular formula is C17H24ClFN4O2. The van der Waals surface area contributed by atoms with Crippen LogP contribution in [0.4, 0.5) is 15.8 Å². The van der Waals surface area contributed by atoms with Crippen molar-refractivity contribution >= 4 is 29.4 Å². The van der Waals surface area contributed by atoms with Gasteiger partial charge in [-0.2, -0.15) is 0 Å². The number of anilines is 2. The first-order valence-electron chi connectivity index (χ1n) is 8.59. The Morgan fingerprint density at radius 2 is 2.24 bits per heavy atom. The SMILES string of the molecule is Cc1cc(F)c(N2CC[C@@H](N)C2)c(Cl)c1N(C1CCC1)C(O)NC=O. The molecule has 2 aliphatic rings. The second-order valence-corrected chi connectivity index (χ2v) is 7.21. The van der Waals surface area contributed by atoms with Crippen molar-refractivity contribution in [2.24, 2.45) is 5.73 Å². The van der Waals surface area contributed by atoms with Gasteiger partial charge in [0, 0.05) is 25.2 Å². The molecule has 6 nitrogen and oxygen atoms in total. The fraction of sp³-hybridized carbons (Fsp3) is 0.588. The Morgan fingerprint density at radius 1 is 1.52 bits per heavy atom. The number of amides is 1. The highest BCUT2D eigenvalue weighted by molar-refractivity contribution is 6.36. The quantitative estimate of drug-likeness (QED) is 0.524. The molecule has 0 bridgehead atoms. The van der Waals surface area contributed by atoms with Gasteiger partial charge in [-0.05, 0) is 44.2 Å². The normalized spacial score (nSPS) is 21.8. The molecule has 0 radical (unpaired) electrons. The summed E-state index contributed by atoms with van der Waals surface area (Å²) < 4.78 is 14.7. The van der Waals surface area contributed by atoms with Gasteiger partial charge in [-0.25, -0.2) is 4.39 Å². The molecule has 25 heavy (non-hydrogen) atoms. The third-order valence-electron chi connectivity index (χ3n) is 5.11. The summed E-state index contributed by atoms with van der Waals surface area (Å²) in [5, 5.41) is 13.0. The molecule has 0 aromatic heterocycles. The fourth-order valence-corrected chi connectivity index (χ4v) is 4.08. The maximum Gasteiger partial charge on any atom is 0.210 e. The second kappa shape index (κ2) is 7.35. The third-order valence-corrected chi connectivity index (χ3v) is 5.46. The second-order valence-electron chi connectivity index (χ2n) is 6.83. The standard InChI is InChI=1S/C17H24ClFN4O2/c1-10-7-13(19)16(22-6-5-11(20)8-22)14(18)15(10)23(12-3-2-4-12)17(25)21-9-24/h7,9,11-12,17,25H,2-6,8,20H2,1H3,(H,21,24)/t11-,17?/m1/s1. The van der Waals surface area contributed by atoms with Gasteiger partial charge in [0.1, 0.15) is 5.82 Å². The third kappa shape index (κ3) is 3.41. The van der Waals surface area contributed by atoms with Crippen LogP contribution in [0.5, 0.6) is 0 Å². The molecule has 1 saturated heterocycles. The fourth-order valence-electron chi connectivity index (χ4n) is 3.62. The molecule has 138 valence electrons. The monoisotopic (exact) mass is 370 g/mol. The number of hydrogen-bond donors (Lipinski definition) is 3. The lowest BCUT2D eigenvalue weighted by Gasteiger charge is -2.43. The van der Waals surface area contributed by atoms with E-state index in [1.54, 1.807) is 11.8 Å². The van der Waals surface area contributed by atoms with Crippen LogP contribution in [-0.4, -0.2) is 43.0 Å². The number of nitrogens with one attached hydrogen (secondary N) is 1. The van der Waals surface area contributed by atoms with Crippen LogP contribution in [0.15, 0.2) is 6.07 Å². The zero-order valence-electron chi connectivity index (χ0n) is 14.2. The summed E-state index contributed by atoms with van der Waals surface area (Å²) in [7, 11) is 0. The van der Waals surface area contributed by atoms with Crippen LogP contribution in [0.25, 0.3) is 0 Å². The molecule has 1 unspecified atom stereocenters. The number of aliphatic hydroxyl groups excluding tert-OH is 1. The zero-order chi connectivity index (χ0) is 18.1. The van der Waals surface area contributed by atoms with Crippen LogP contribution >= 0.6 is 11.6 Å². The van der Waals surface area contributed by atoms with E-state index in [9.17, 15) is 14.3 Å².